The van der Waals surface area contributed by atoms with Crippen molar-refractivity contribution in [3.63, 3.8) is 0 Å². The van der Waals surface area contributed by atoms with Gasteiger partial charge in [-0.25, -0.2) is 4.98 Å². The van der Waals surface area contributed by atoms with E-state index in [4.69, 9.17) is 9.47 Å². The third-order valence-corrected chi connectivity index (χ3v) is 7.60. The summed E-state index contributed by atoms with van der Waals surface area (Å²) in [5.41, 5.74) is 2.89. The highest BCUT2D eigenvalue weighted by molar-refractivity contribution is 8.00. The molecule has 1 unspecified atom stereocenters. The molecule has 0 fully saturated rings. The first kappa shape index (κ1) is 26.2. The molecule has 0 saturated carbocycles. The fourth-order valence-electron chi connectivity index (χ4n) is 3.51. The van der Waals surface area contributed by atoms with Crippen LogP contribution in [0.2, 0.25) is 0 Å². The van der Waals surface area contributed by atoms with E-state index in [-0.39, 0.29) is 17.1 Å². The van der Waals surface area contributed by atoms with Crippen LogP contribution in [0.25, 0.3) is 11.3 Å². The van der Waals surface area contributed by atoms with Gasteiger partial charge in [0.15, 0.2) is 5.13 Å². The zero-order valence-corrected chi connectivity index (χ0v) is 22.3. The number of thiazole rings is 1. The lowest BCUT2D eigenvalue weighted by atomic mass is 10.2. The van der Waals surface area contributed by atoms with E-state index < -0.39 is 0 Å². The Hall–Kier alpha value is -3.82. The molecule has 0 aliphatic heterocycles. The number of aromatic nitrogens is 1. The maximum absolute atomic E-state index is 13.0. The van der Waals surface area contributed by atoms with Crippen LogP contribution in [0.1, 0.15) is 23.7 Å². The number of carbonyl (C=O) groups excluding carboxylic acids is 2. The molecule has 1 aromatic heterocycles. The highest BCUT2D eigenvalue weighted by atomic mass is 32.2. The molecule has 0 bridgehead atoms. The van der Waals surface area contributed by atoms with Gasteiger partial charge < -0.3 is 20.1 Å². The van der Waals surface area contributed by atoms with Gasteiger partial charge >= 0.3 is 0 Å². The van der Waals surface area contributed by atoms with E-state index in [1.807, 2.05) is 60.8 Å². The van der Waals surface area contributed by atoms with Crippen molar-refractivity contribution in [3.8, 4) is 22.8 Å². The highest BCUT2D eigenvalue weighted by Crippen LogP contribution is 2.31. The van der Waals surface area contributed by atoms with E-state index in [1.54, 1.807) is 38.5 Å². The van der Waals surface area contributed by atoms with Gasteiger partial charge in [-0.05, 0) is 61.0 Å². The molecule has 0 spiro atoms. The van der Waals surface area contributed by atoms with Crippen molar-refractivity contribution >= 4 is 45.7 Å². The molecule has 7 nitrogen and oxygen atoms in total. The minimum absolute atomic E-state index is 0.119. The van der Waals surface area contributed by atoms with E-state index in [0.717, 1.165) is 21.9 Å². The molecular formula is C28H27N3O4S2. The van der Waals surface area contributed by atoms with Gasteiger partial charge in [0.1, 0.15) is 11.5 Å². The second-order valence-electron chi connectivity index (χ2n) is 7.98. The lowest BCUT2D eigenvalue weighted by Crippen LogP contribution is -2.24. The van der Waals surface area contributed by atoms with Gasteiger partial charge in [-0.1, -0.05) is 25.1 Å². The molecule has 190 valence electrons. The quantitative estimate of drug-likeness (QED) is 0.224. The summed E-state index contributed by atoms with van der Waals surface area (Å²) in [6.07, 6.45) is 0.632. The number of amides is 2. The average molecular weight is 534 g/mol. The zero-order valence-electron chi connectivity index (χ0n) is 20.7. The smallest absolute Gasteiger partial charge is 0.255 e. The van der Waals surface area contributed by atoms with E-state index in [0.29, 0.717) is 28.6 Å². The first-order valence-electron chi connectivity index (χ1n) is 11.6. The number of hydrogen-bond acceptors (Lipinski definition) is 7. The molecule has 3 aromatic carbocycles. The Bertz CT molecular complexity index is 1370. The van der Waals surface area contributed by atoms with Crippen molar-refractivity contribution < 1.29 is 19.1 Å². The van der Waals surface area contributed by atoms with E-state index in [1.165, 1.54) is 23.1 Å². The van der Waals surface area contributed by atoms with Crippen LogP contribution >= 0.6 is 23.1 Å². The maximum atomic E-state index is 13.0. The number of ether oxygens (including phenoxy) is 2. The van der Waals surface area contributed by atoms with Crippen molar-refractivity contribution in [2.45, 2.75) is 23.5 Å². The van der Waals surface area contributed by atoms with Crippen LogP contribution in [0.4, 0.5) is 10.8 Å². The summed E-state index contributed by atoms with van der Waals surface area (Å²) in [5.74, 6) is 1.10. The summed E-state index contributed by atoms with van der Waals surface area (Å²) < 4.78 is 10.4. The van der Waals surface area contributed by atoms with Gasteiger partial charge in [0.2, 0.25) is 5.91 Å². The predicted molar refractivity (Wildman–Crippen MR) is 150 cm³/mol. The monoisotopic (exact) mass is 533 g/mol. The van der Waals surface area contributed by atoms with E-state index >= 15 is 0 Å². The molecule has 0 saturated heterocycles. The fraction of sp³-hybridized carbons (Fsp3) is 0.179. The van der Waals surface area contributed by atoms with Crippen LogP contribution in [0, 0.1) is 0 Å². The topological polar surface area (TPSA) is 89.5 Å². The van der Waals surface area contributed by atoms with Crippen LogP contribution in [-0.4, -0.2) is 36.3 Å². The minimum Gasteiger partial charge on any atom is -0.497 e. The number of methoxy groups -OCH3 is 2. The lowest BCUT2D eigenvalue weighted by Gasteiger charge is -2.14. The van der Waals surface area contributed by atoms with E-state index in [9.17, 15) is 9.59 Å². The van der Waals surface area contributed by atoms with Gasteiger partial charge in [-0.3, -0.25) is 9.59 Å². The summed E-state index contributed by atoms with van der Waals surface area (Å²) in [5, 5.41) is 7.99. The minimum atomic E-state index is -0.322. The first-order valence-corrected chi connectivity index (χ1v) is 13.4. The second kappa shape index (κ2) is 12.4. The van der Waals surface area contributed by atoms with Crippen LogP contribution in [0.5, 0.6) is 11.5 Å². The summed E-state index contributed by atoms with van der Waals surface area (Å²) in [4.78, 5) is 31.1. The Balaban J connectivity index is 1.38. The molecule has 1 heterocycles. The largest absolute Gasteiger partial charge is 0.497 e. The Morgan fingerprint density at radius 2 is 1.70 bits per heavy atom. The van der Waals surface area contributed by atoms with Gasteiger partial charge in [0.05, 0.1) is 25.2 Å². The number of nitrogens with one attached hydrogen (secondary N) is 2. The van der Waals surface area contributed by atoms with Gasteiger partial charge in [0.25, 0.3) is 5.91 Å². The van der Waals surface area contributed by atoms with Crippen LogP contribution < -0.4 is 20.1 Å². The van der Waals surface area contributed by atoms with Crippen molar-refractivity contribution in [2.75, 3.05) is 24.9 Å². The summed E-state index contributed by atoms with van der Waals surface area (Å²) >= 11 is 2.83. The molecule has 0 aliphatic carbocycles. The van der Waals surface area contributed by atoms with Crippen LogP contribution in [-0.2, 0) is 4.79 Å². The zero-order chi connectivity index (χ0) is 26.2. The number of nitrogens with zero attached hydrogens (tertiary/aromatic N) is 1. The number of anilines is 2. The van der Waals surface area contributed by atoms with Crippen molar-refractivity contribution in [2.24, 2.45) is 0 Å². The van der Waals surface area contributed by atoms with Gasteiger partial charge in [0, 0.05) is 27.1 Å². The predicted octanol–water partition coefficient (Wildman–Crippen LogP) is 6.59. The molecule has 1 atom stereocenters. The van der Waals surface area contributed by atoms with Crippen LogP contribution in [0.15, 0.2) is 83.1 Å². The molecular weight excluding hydrogens is 506 g/mol. The third-order valence-electron chi connectivity index (χ3n) is 5.49. The molecule has 0 radical (unpaired) electrons. The average Bonchev–Trinajstić information content (AvgIpc) is 3.40. The standard InChI is InChI=1S/C28H27N3O4S2/c1-4-25(27(33)31-28-30-24(17-36-28)19-7-5-9-22(15-19)35-3)37-23-10-6-8-20(16-23)29-26(32)18-11-13-21(34-2)14-12-18/h5-17,25H,4H2,1-3H3,(H,29,32)(H,30,31,33). The molecule has 0 aliphatic rings. The molecule has 37 heavy (non-hydrogen) atoms. The summed E-state index contributed by atoms with van der Waals surface area (Å²) in [6, 6.07) is 22.0. The maximum Gasteiger partial charge on any atom is 0.255 e. The molecule has 2 amide bonds. The Kier molecular flexibility index (Phi) is 8.81. The van der Waals surface area contributed by atoms with Crippen molar-refractivity contribution in [3.05, 3.63) is 83.7 Å². The molecule has 4 aromatic rings. The van der Waals surface area contributed by atoms with Gasteiger partial charge in [-0.2, -0.15) is 0 Å². The Morgan fingerprint density at radius 3 is 2.43 bits per heavy atom. The highest BCUT2D eigenvalue weighted by Gasteiger charge is 2.20. The first-order chi connectivity index (χ1) is 18.0. The third kappa shape index (κ3) is 6.90. The molecule has 4 rings (SSSR count). The number of rotatable bonds is 10. The lowest BCUT2D eigenvalue weighted by molar-refractivity contribution is -0.115. The number of benzene rings is 3. The molecule has 9 heteroatoms. The Labute approximate surface area is 224 Å². The summed E-state index contributed by atoms with van der Waals surface area (Å²) in [7, 11) is 3.21. The number of carbonyl (C=O) groups is 2. The normalized spacial score (nSPS) is 11.4. The van der Waals surface area contributed by atoms with Gasteiger partial charge in [-0.15, -0.1) is 23.1 Å². The number of thioether (sulfide) groups is 1. The summed E-state index contributed by atoms with van der Waals surface area (Å²) in [6.45, 7) is 1.97. The van der Waals surface area contributed by atoms with E-state index in [2.05, 4.69) is 15.6 Å². The van der Waals surface area contributed by atoms with Crippen molar-refractivity contribution in [1.29, 1.82) is 0 Å². The molecule has 2 N–H and O–H groups in total. The Morgan fingerprint density at radius 1 is 0.946 bits per heavy atom. The second-order valence-corrected chi connectivity index (χ2v) is 10.1. The number of hydrogen-bond donors (Lipinski definition) is 2. The van der Waals surface area contributed by atoms with Crippen LogP contribution in [0.3, 0.4) is 0 Å². The van der Waals surface area contributed by atoms with Crippen molar-refractivity contribution in [1.82, 2.24) is 4.98 Å². The SMILES string of the molecule is CCC(Sc1cccc(NC(=O)c2ccc(OC)cc2)c1)C(=O)Nc1nc(-c2cccc(OC)c2)cs1. The fourth-order valence-corrected chi connectivity index (χ4v) is 5.25.